The minimum atomic E-state index is -1.17. The van der Waals surface area contributed by atoms with Crippen LogP contribution in [-0.4, -0.2) is 99.6 Å². The Morgan fingerprint density at radius 3 is 2.64 bits per heavy atom. The van der Waals surface area contributed by atoms with Crippen molar-refractivity contribution < 1.29 is 33.8 Å². The summed E-state index contributed by atoms with van der Waals surface area (Å²) in [7, 11) is 0. The van der Waals surface area contributed by atoms with Gasteiger partial charge in [0.15, 0.2) is 0 Å². The molecule has 42 heavy (non-hydrogen) atoms. The normalized spacial score (nSPS) is 29.1. The maximum Gasteiger partial charge on any atom is 0.312 e. The predicted octanol–water partition coefficient (Wildman–Crippen LogP) is 3.11. The van der Waals surface area contributed by atoms with Crippen molar-refractivity contribution in [2.24, 2.45) is 11.8 Å². The highest BCUT2D eigenvalue weighted by molar-refractivity contribution is 9.09. The highest BCUT2D eigenvalue weighted by Crippen LogP contribution is 2.60. The first-order valence-corrected chi connectivity index (χ1v) is 16.2. The van der Waals surface area contributed by atoms with Gasteiger partial charge in [0, 0.05) is 37.0 Å². The number of allylic oxidation sites excluding steroid dienone is 1. The van der Waals surface area contributed by atoms with E-state index in [1.807, 2.05) is 6.92 Å². The number of nitrogens with zero attached hydrogens (tertiary/aromatic N) is 2. The number of ether oxygens (including phenoxy) is 2. The fraction of sp³-hybridized carbons (Fsp3) is 0.742. The average molecular weight is 655 g/mol. The van der Waals surface area contributed by atoms with Crippen LogP contribution in [-0.2, 0) is 28.7 Å². The number of carbonyl (C=O) groups excluding carboxylic acids is 4. The second-order valence-electron chi connectivity index (χ2n) is 11.8. The SMILES string of the molecule is C=CCCC(=O)NC[C@@H](C)OC(=O)[C@H]1[C@@H]2O[C@@]3(CC2Br)[C@@H]1C(=O)N(CCCCCO)[C@@H]3C(=O)N(CC=C)C(C)CCC. The Balaban J connectivity index is 1.89. The molecule has 0 aromatic carbocycles. The van der Waals surface area contributed by atoms with Gasteiger partial charge < -0.3 is 29.7 Å². The number of nitrogens with one attached hydrogen (secondary N) is 1. The molecule has 8 atom stereocenters. The molecule has 1 spiro atoms. The number of fused-ring (bicyclic) bond motifs is 1. The molecule has 11 heteroatoms. The largest absolute Gasteiger partial charge is 0.460 e. The summed E-state index contributed by atoms with van der Waals surface area (Å²) < 4.78 is 12.3. The van der Waals surface area contributed by atoms with Gasteiger partial charge in [0.1, 0.15) is 17.7 Å². The number of rotatable bonds is 18. The van der Waals surface area contributed by atoms with Gasteiger partial charge in [0.25, 0.3) is 0 Å². The predicted molar refractivity (Wildman–Crippen MR) is 163 cm³/mol. The van der Waals surface area contributed by atoms with Crippen molar-refractivity contribution in [3.05, 3.63) is 25.3 Å². The lowest BCUT2D eigenvalue weighted by Crippen LogP contribution is -2.58. The van der Waals surface area contributed by atoms with Crippen LogP contribution in [0.15, 0.2) is 25.3 Å². The molecule has 3 aliphatic rings. The van der Waals surface area contributed by atoms with Gasteiger partial charge in [0.05, 0.1) is 24.5 Å². The Hall–Kier alpha value is -2.24. The molecular formula is C31H48BrN3O7. The molecule has 0 aromatic heterocycles. The Morgan fingerprint density at radius 2 is 2.00 bits per heavy atom. The molecule has 10 nitrogen and oxygen atoms in total. The zero-order chi connectivity index (χ0) is 31.0. The highest BCUT2D eigenvalue weighted by atomic mass is 79.9. The standard InChI is InChI=1S/C31H48BrN3O7/c1-6-9-14-23(37)33-19-21(5)41-30(40)24-25-28(38)35(16-11-10-12-17-36)27(31(25)18-22(32)26(24)42-31)29(39)34(15-8-3)20(4)13-7-2/h6,8,20-22,24-27,36H,1,3,7,9-19H2,2,4-5H3,(H,33,37)/t20?,21-,22?,24-,25+,26-,27-,31+/m1/s1. The van der Waals surface area contributed by atoms with E-state index in [1.165, 1.54) is 0 Å². The van der Waals surface area contributed by atoms with E-state index in [2.05, 4.69) is 41.3 Å². The summed E-state index contributed by atoms with van der Waals surface area (Å²) in [6, 6.07) is -0.947. The van der Waals surface area contributed by atoms with E-state index < -0.39 is 41.7 Å². The van der Waals surface area contributed by atoms with Crippen LogP contribution in [0.2, 0.25) is 0 Å². The number of amides is 3. The fourth-order valence-electron chi connectivity index (χ4n) is 6.74. The van der Waals surface area contributed by atoms with Crippen LogP contribution in [0, 0.1) is 11.8 Å². The van der Waals surface area contributed by atoms with Crippen molar-refractivity contribution in [3.63, 3.8) is 0 Å². The third-order valence-corrected chi connectivity index (χ3v) is 9.52. The molecule has 0 radical (unpaired) electrons. The van der Waals surface area contributed by atoms with Crippen molar-refractivity contribution >= 4 is 39.6 Å². The Kier molecular flexibility index (Phi) is 12.6. The van der Waals surface area contributed by atoms with E-state index >= 15 is 0 Å². The van der Waals surface area contributed by atoms with Crippen molar-refractivity contribution in [2.75, 3.05) is 26.2 Å². The Morgan fingerprint density at radius 1 is 1.26 bits per heavy atom. The number of aliphatic hydroxyl groups is 1. The van der Waals surface area contributed by atoms with Crippen molar-refractivity contribution in [3.8, 4) is 0 Å². The molecule has 3 fully saturated rings. The first kappa shape index (κ1) is 34.3. The van der Waals surface area contributed by atoms with E-state index in [9.17, 15) is 24.3 Å². The van der Waals surface area contributed by atoms with Gasteiger partial charge in [-0.1, -0.05) is 41.4 Å². The van der Waals surface area contributed by atoms with E-state index in [-0.39, 0.29) is 41.7 Å². The van der Waals surface area contributed by atoms with Crippen LogP contribution in [0.25, 0.3) is 0 Å². The van der Waals surface area contributed by atoms with E-state index in [0.29, 0.717) is 51.6 Å². The van der Waals surface area contributed by atoms with Crippen molar-refractivity contribution in [1.82, 2.24) is 15.1 Å². The van der Waals surface area contributed by atoms with Crippen LogP contribution in [0.5, 0.6) is 0 Å². The Labute approximate surface area is 258 Å². The van der Waals surface area contributed by atoms with Gasteiger partial charge in [-0.3, -0.25) is 19.2 Å². The molecule has 2 N–H and O–H groups in total. The number of hydrogen-bond acceptors (Lipinski definition) is 7. The molecule has 0 saturated carbocycles. The van der Waals surface area contributed by atoms with Crippen LogP contribution in [0.4, 0.5) is 0 Å². The van der Waals surface area contributed by atoms with Gasteiger partial charge >= 0.3 is 5.97 Å². The highest BCUT2D eigenvalue weighted by Gasteiger charge is 2.77. The number of alkyl halides is 1. The summed E-state index contributed by atoms with van der Waals surface area (Å²) in [5.41, 5.74) is -1.17. The summed E-state index contributed by atoms with van der Waals surface area (Å²) in [5.74, 6) is -2.92. The lowest BCUT2D eigenvalue weighted by atomic mass is 9.70. The van der Waals surface area contributed by atoms with E-state index in [4.69, 9.17) is 9.47 Å². The molecule has 3 amide bonds. The zero-order valence-electron chi connectivity index (χ0n) is 25.3. The van der Waals surface area contributed by atoms with Gasteiger partial charge in [-0.25, -0.2) is 0 Å². The minimum absolute atomic E-state index is 0.0569. The quantitative estimate of drug-likeness (QED) is 0.101. The summed E-state index contributed by atoms with van der Waals surface area (Å²) in [6.45, 7) is 14.1. The van der Waals surface area contributed by atoms with Crippen LogP contribution in [0.3, 0.4) is 0 Å². The monoisotopic (exact) mass is 653 g/mol. The summed E-state index contributed by atoms with van der Waals surface area (Å²) in [6.07, 6.45) is 7.01. The number of unbranched alkanes of at least 4 members (excludes halogenated alkanes) is 2. The van der Waals surface area contributed by atoms with E-state index in [0.717, 1.165) is 12.8 Å². The smallest absolute Gasteiger partial charge is 0.312 e. The molecule has 3 aliphatic heterocycles. The van der Waals surface area contributed by atoms with Gasteiger partial charge in [0.2, 0.25) is 17.7 Å². The lowest BCUT2D eigenvalue weighted by Gasteiger charge is -2.39. The second kappa shape index (κ2) is 15.5. The number of halogens is 1. The maximum atomic E-state index is 14.4. The van der Waals surface area contributed by atoms with Crippen LogP contribution >= 0.6 is 15.9 Å². The number of esters is 1. The lowest BCUT2D eigenvalue weighted by molar-refractivity contribution is -0.159. The molecule has 0 aliphatic carbocycles. The first-order valence-electron chi connectivity index (χ1n) is 15.3. The molecule has 236 valence electrons. The third kappa shape index (κ3) is 7.10. The summed E-state index contributed by atoms with van der Waals surface area (Å²) >= 11 is 3.69. The zero-order valence-corrected chi connectivity index (χ0v) is 26.9. The number of aliphatic hydroxyl groups excluding tert-OH is 1. The molecule has 2 bridgehead atoms. The number of hydrogen-bond donors (Lipinski definition) is 2. The first-order chi connectivity index (χ1) is 20.1. The van der Waals surface area contributed by atoms with Gasteiger partial charge in [-0.05, 0) is 52.4 Å². The molecule has 3 saturated heterocycles. The number of carbonyl (C=O) groups is 4. The molecule has 2 unspecified atom stereocenters. The Bertz CT molecular complexity index is 1010. The molecule has 3 rings (SSSR count). The van der Waals surface area contributed by atoms with Gasteiger partial charge in [-0.15, -0.1) is 13.2 Å². The van der Waals surface area contributed by atoms with Crippen LogP contribution < -0.4 is 5.32 Å². The molecule has 0 aromatic rings. The summed E-state index contributed by atoms with van der Waals surface area (Å²) in [4.78, 5) is 57.4. The molecular weight excluding hydrogens is 606 g/mol. The van der Waals surface area contributed by atoms with Crippen LogP contribution in [0.1, 0.15) is 72.1 Å². The topological polar surface area (TPSA) is 125 Å². The average Bonchev–Trinajstić information content (AvgIpc) is 3.54. The fourth-order valence-corrected chi connectivity index (χ4v) is 7.69. The van der Waals surface area contributed by atoms with E-state index in [1.54, 1.807) is 28.9 Å². The van der Waals surface area contributed by atoms with Crippen molar-refractivity contribution in [1.29, 1.82) is 0 Å². The number of likely N-dealkylation sites (tertiary alicyclic amines) is 1. The second-order valence-corrected chi connectivity index (χ2v) is 13.0. The summed E-state index contributed by atoms with van der Waals surface area (Å²) in [5, 5.41) is 12.0. The molecule has 3 heterocycles. The third-order valence-electron chi connectivity index (χ3n) is 8.68. The van der Waals surface area contributed by atoms with Gasteiger partial charge in [-0.2, -0.15) is 0 Å². The maximum absolute atomic E-state index is 14.4. The minimum Gasteiger partial charge on any atom is -0.460 e. The van der Waals surface area contributed by atoms with Crippen molar-refractivity contribution in [2.45, 2.75) is 107 Å².